The molecule has 2 aromatic heterocycles. The van der Waals surface area contributed by atoms with E-state index in [1.54, 1.807) is 0 Å². The minimum atomic E-state index is -1.12. The highest BCUT2D eigenvalue weighted by Crippen LogP contribution is 2.40. The fraction of sp³-hybridized carbons (Fsp3) is 0.300. The molecule has 0 radical (unpaired) electrons. The van der Waals surface area contributed by atoms with Crippen LogP contribution in [0.5, 0.6) is 23.0 Å². The Hall–Kier alpha value is -4.85. The van der Waals surface area contributed by atoms with Gasteiger partial charge in [-0.1, -0.05) is 0 Å². The monoisotopic (exact) mass is 631 g/mol. The van der Waals surface area contributed by atoms with Crippen molar-refractivity contribution in [2.75, 3.05) is 27.4 Å². The number of methoxy groups -OCH3 is 2. The van der Waals surface area contributed by atoms with Crippen molar-refractivity contribution in [1.82, 2.24) is 4.98 Å². The van der Waals surface area contributed by atoms with E-state index in [0.29, 0.717) is 4.70 Å². The predicted molar refractivity (Wildman–Crippen MR) is 155 cm³/mol. The number of fused-ring (bicyclic) bond motifs is 2. The Morgan fingerprint density at radius 1 is 0.773 bits per heavy atom. The molecule has 232 valence electrons. The number of benzene rings is 2. The molecule has 2 heterocycles. The van der Waals surface area contributed by atoms with Gasteiger partial charge >= 0.3 is 11.9 Å². The highest BCUT2D eigenvalue weighted by molar-refractivity contribution is 7.20. The Morgan fingerprint density at radius 2 is 1.34 bits per heavy atom. The van der Waals surface area contributed by atoms with Gasteiger partial charge in [0.15, 0.2) is 46.2 Å². The number of carbonyl (C=O) groups is 4. The maximum atomic E-state index is 15.4. The molecule has 0 atom stereocenters. The van der Waals surface area contributed by atoms with Crippen molar-refractivity contribution in [3.63, 3.8) is 0 Å². The molecular weight excluding hydrogens is 604 g/mol. The van der Waals surface area contributed by atoms with Crippen LogP contribution >= 0.6 is 11.3 Å². The van der Waals surface area contributed by atoms with Crippen LogP contribution in [0.25, 0.3) is 21.0 Å². The lowest BCUT2D eigenvalue weighted by molar-refractivity contribution is -0.137. The molecule has 44 heavy (non-hydrogen) atoms. The van der Waals surface area contributed by atoms with Gasteiger partial charge in [0.2, 0.25) is 0 Å². The molecular formula is C30H27F2NO10S. The molecule has 0 aliphatic heterocycles. The SMILES string of the molecule is COc1cc2nc(C(=O)CCC(=O)O)ccc2c(F)c1OCCCOc1c(OC)cc2sc(C(=O)CCC(=O)O)cc2c1F. The molecule has 0 aliphatic carbocycles. The molecule has 14 heteroatoms. The lowest BCUT2D eigenvalue weighted by Crippen LogP contribution is -2.09. The minimum Gasteiger partial charge on any atom is -0.493 e. The molecule has 11 nitrogen and oxygen atoms in total. The summed E-state index contributed by atoms with van der Waals surface area (Å²) in [6.45, 7) is -0.0982. The summed E-state index contributed by atoms with van der Waals surface area (Å²) in [5.41, 5.74) is 0.115. The van der Waals surface area contributed by atoms with Crippen LogP contribution in [0.2, 0.25) is 0 Å². The third kappa shape index (κ3) is 7.19. The van der Waals surface area contributed by atoms with Gasteiger partial charge in [0.1, 0.15) is 5.69 Å². The van der Waals surface area contributed by atoms with Crippen LogP contribution in [-0.4, -0.2) is 66.1 Å². The first-order valence-corrected chi connectivity index (χ1v) is 14.1. The second-order valence-electron chi connectivity index (χ2n) is 9.41. The highest BCUT2D eigenvalue weighted by atomic mass is 32.1. The predicted octanol–water partition coefficient (Wildman–Crippen LogP) is 5.69. The molecule has 0 saturated carbocycles. The van der Waals surface area contributed by atoms with Crippen LogP contribution in [0, 0.1) is 11.6 Å². The molecule has 0 fully saturated rings. The maximum absolute atomic E-state index is 15.4. The van der Waals surface area contributed by atoms with Crippen molar-refractivity contribution >= 4 is 55.8 Å². The standard InChI is InChI=1S/C30H27F2NO10S/c1-40-21-13-18-15(4-5-17(33-18)19(34)6-8-25(36)37)27(31)29(21)42-10-3-11-43-30-22(41-2)14-23-16(28(30)32)12-24(44-23)20(35)7-9-26(38)39/h4-5,12-14H,3,6-11H2,1-2H3,(H,36,37)(H,38,39). The van der Waals surface area contributed by atoms with E-state index in [1.807, 2.05) is 0 Å². The summed E-state index contributed by atoms with van der Waals surface area (Å²) >= 11 is 1.02. The van der Waals surface area contributed by atoms with Crippen LogP contribution in [-0.2, 0) is 9.59 Å². The normalized spacial score (nSPS) is 11.0. The number of carboxylic acid groups (broad SMARTS) is 2. The third-order valence-electron chi connectivity index (χ3n) is 6.45. The van der Waals surface area contributed by atoms with Crippen LogP contribution < -0.4 is 18.9 Å². The summed E-state index contributed by atoms with van der Waals surface area (Å²) in [7, 11) is 2.64. The number of aromatic nitrogens is 1. The van der Waals surface area contributed by atoms with E-state index in [1.165, 1.54) is 44.6 Å². The third-order valence-corrected chi connectivity index (χ3v) is 7.57. The van der Waals surface area contributed by atoms with Gasteiger partial charge in [-0.25, -0.2) is 13.8 Å². The summed E-state index contributed by atoms with van der Waals surface area (Å²) in [4.78, 5) is 50.5. The Kier molecular flexibility index (Phi) is 10.3. The summed E-state index contributed by atoms with van der Waals surface area (Å²) < 4.78 is 53.0. The number of rotatable bonds is 16. The number of hydrogen-bond donors (Lipinski definition) is 2. The van der Waals surface area contributed by atoms with Crippen LogP contribution in [0.15, 0.2) is 30.3 Å². The van der Waals surface area contributed by atoms with Crippen LogP contribution in [0.4, 0.5) is 8.78 Å². The van der Waals surface area contributed by atoms with Crippen molar-refractivity contribution in [3.8, 4) is 23.0 Å². The summed E-state index contributed by atoms with van der Waals surface area (Å²) in [5, 5.41) is 17.8. The molecule has 2 N–H and O–H groups in total. The maximum Gasteiger partial charge on any atom is 0.303 e. The summed E-state index contributed by atoms with van der Waals surface area (Å²) in [5.74, 6) is -4.93. The Balaban J connectivity index is 1.43. The van der Waals surface area contributed by atoms with Crippen molar-refractivity contribution in [2.45, 2.75) is 32.1 Å². The van der Waals surface area contributed by atoms with Gasteiger partial charge in [-0.3, -0.25) is 19.2 Å². The van der Waals surface area contributed by atoms with Gasteiger partial charge in [-0.15, -0.1) is 11.3 Å². The second-order valence-corrected chi connectivity index (χ2v) is 10.5. The van der Waals surface area contributed by atoms with Gasteiger partial charge in [0.25, 0.3) is 0 Å². The molecule has 0 saturated heterocycles. The number of nitrogens with zero attached hydrogens (tertiary/aromatic N) is 1. The number of carbonyl (C=O) groups excluding carboxylic acids is 2. The number of hydrogen-bond acceptors (Lipinski definition) is 10. The van der Waals surface area contributed by atoms with E-state index >= 15 is 8.78 Å². The second kappa shape index (κ2) is 14.1. The molecule has 0 aliphatic rings. The van der Waals surface area contributed by atoms with E-state index in [-0.39, 0.29) is 95.2 Å². The Bertz CT molecular complexity index is 1750. The first-order chi connectivity index (χ1) is 21.0. The number of halogens is 2. The number of pyridine rings is 1. The minimum absolute atomic E-state index is 0.00432. The van der Waals surface area contributed by atoms with Gasteiger partial charge in [0, 0.05) is 46.9 Å². The lowest BCUT2D eigenvalue weighted by atomic mass is 10.1. The number of thiophene rings is 1. The largest absolute Gasteiger partial charge is 0.493 e. The van der Waals surface area contributed by atoms with Crippen molar-refractivity contribution in [1.29, 1.82) is 0 Å². The van der Waals surface area contributed by atoms with Gasteiger partial charge in [-0.2, -0.15) is 0 Å². The Labute approximate surface area is 252 Å². The average molecular weight is 632 g/mol. The molecule has 0 bridgehead atoms. The number of Topliss-reactive ketones (excluding diaryl/α,β-unsaturated/α-hetero) is 2. The Morgan fingerprint density at radius 3 is 1.93 bits per heavy atom. The molecule has 0 unspecified atom stereocenters. The van der Waals surface area contributed by atoms with Crippen LogP contribution in [0.3, 0.4) is 0 Å². The number of aliphatic carboxylic acids is 2. The fourth-order valence-corrected chi connectivity index (χ4v) is 5.31. The molecule has 0 spiro atoms. The van der Waals surface area contributed by atoms with Gasteiger partial charge in [-0.05, 0) is 18.2 Å². The molecule has 2 aromatic carbocycles. The van der Waals surface area contributed by atoms with Crippen molar-refractivity contribution in [3.05, 3.63) is 52.5 Å². The topological polar surface area (TPSA) is 159 Å². The van der Waals surface area contributed by atoms with E-state index in [2.05, 4.69) is 4.98 Å². The van der Waals surface area contributed by atoms with Crippen molar-refractivity contribution in [2.24, 2.45) is 0 Å². The molecule has 0 amide bonds. The quantitative estimate of drug-likeness (QED) is 0.116. The van der Waals surface area contributed by atoms with E-state index < -0.39 is 35.1 Å². The first kappa shape index (κ1) is 32.1. The molecule has 4 rings (SSSR count). The van der Waals surface area contributed by atoms with Crippen molar-refractivity contribution < 1.29 is 57.1 Å². The fourth-order valence-electron chi connectivity index (χ4n) is 4.25. The smallest absolute Gasteiger partial charge is 0.303 e. The zero-order valence-electron chi connectivity index (χ0n) is 23.6. The van der Waals surface area contributed by atoms with Gasteiger partial charge in [0.05, 0.1) is 50.7 Å². The highest BCUT2D eigenvalue weighted by Gasteiger charge is 2.22. The number of ether oxygens (including phenoxy) is 4. The first-order valence-electron chi connectivity index (χ1n) is 13.3. The van der Waals surface area contributed by atoms with Crippen LogP contribution in [0.1, 0.15) is 52.3 Å². The van der Waals surface area contributed by atoms with Gasteiger partial charge < -0.3 is 29.2 Å². The zero-order valence-corrected chi connectivity index (χ0v) is 24.4. The van der Waals surface area contributed by atoms with E-state index in [4.69, 9.17) is 29.2 Å². The zero-order chi connectivity index (χ0) is 32.0. The van der Waals surface area contributed by atoms with E-state index in [0.717, 1.165) is 11.3 Å². The lowest BCUT2D eigenvalue weighted by Gasteiger charge is -2.15. The summed E-state index contributed by atoms with van der Waals surface area (Å²) in [6, 6.07) is 6.93. The molecule has 4 aromatic rings. The van der Waals surface area contributed by atoms with E-state index in [9.17, 15) is 19.2 Å². The summed E-state index contributed by atoms with van der Waals surface area (Å²) in [6.07, 6.45) is -0.952. The number of carboxylic acids is 2. The number of ketones is 2. The average Bonchev–Trinajstić information content (AvgIpc) is 3.44.